The summed E-state index contributed by atoms with van der Waals surface area (Å²) in [7, 11) is 0. The van der Waals surface area contributed by atoms with Crippen LogP contribution in [0.25, 0.3) is 10.9 Å². The van der Waals surface area contributed by atoms with Crippen LogP contribution < -0.4 is 15.4 Å². The minimum atomic E-state index is -0.242. The van der Waals surface area contributed by atoms with Gasteiger partial charge in [0, 0.05) is 41.8 Å². The van der Waals surface area contributed by atoms with Gasteiger partial charge in [0.25, 0.3) is 0 Å². The number of ether oxygens (including phenoxy) is 1. The molecule has 4 aromatic rings. The maximum atomic E-state index is 13.1. The first-order chi connectivity index (χ1) is 17.0. The summed E-state index contributed by atoms with van der Waals surface area (Å²) < 4.78 is 9.77. The lowest BCUT2D eigenvalue weighted by atomic mass is 9.82. The first-order valence-corrected chi connectivity index (χ1v) is 12.2. The topological polar surface area (TPSA) is 98.9 Å². The Morgan fingerprint density at radius 1 is 1.17 bits per heavy atom. The van der Waals surface area contributed by atoms with Gasteiger partial charge in [-0.25, -0.2) is 14.8 Å². The molecule has 1 amide bonds. The molecule has 0 unspecified atom stereocenters. The number of carbonyl (C=O) groups excluding carboxylic acids is 1. The number of nitrogens with zero attached hydrogens (tertiary/aromatic N) is 5. The van der Waals surface area contributed by atoms with Gasteiger partial charge in [-0.2, -0.15) is 5.10 Å². The van der Waals surface area contributed by atoms with Gasteiger partial charge in [0.1, 0.15) is 12.1 Å². The Morgan fingerprint density at radius 2 is 2.09 bits per heavy atom. The predicted molar refractivity (Wildman–Crippen MR) is 133 cm³/mol. The van der Waals surface area contributed by atoms with Crippen molar-refractivity contribution in [1.29, 1.82) is 0 Å². The van der Waals surface area contributed by atoms with Gasteiger partial charge in [0.15, 0.2) is 5.82 Å². The van der Waals surface area contributed by atoms with E-state index >= 15 is 0 Å². The average molecular weight is 472 g/mol. The highest BCUT2D eigenvalue weighted by atomic mass is 16.5. The van der Waals surface area contributed by atoms with Crippen LogP contribution in [0.4, 0.5) is 10.6 Å². The van der Waals surface area contributed by atoms with Crippen molar-refractivity contribution in [2.75, 3.05) is 11.9 Å². The highest BCUT2D eigenvalue weighted by Crippen LogP contribution is 2.34. The zero-order valence-corrected chi connectivity index (χ0v) is 20.0. The Hall–Kier alpha value is -3.72. The first kappa shape index (κ1) is 21.8. The number of carbonyl (C=O) groups is 1. The summed E-state index contributed by atoms with van der Waals surface area (Å²) in [6.45, 7) is 6.98. The fourth-order valence-corrected chi connectivity index (χ4v) is 5.14. The Kier molecular flexibility index (Phi) is 5.29. The molecule has 0 saturated heterocycles. The lowest BCUT2D eigenvalue weighted by Crippen LogP contribution is -2.27. The van der Waals surface area contributed by atoms with E-state index in [2.05, 4.69) is 39.5 Å². The van der Waals surface area contributed by atoms with Gasteiger partial charge in [0.2, 0.25) is 5.88 Å². The van der Waals surface area contributed by atoms with Crippen LogP contribution in [0.2, 0.25) is 0 Å². The van der Waals surface area contributed by atoms with Crippen LogP contribution in [-0.2, 0) is 24.9 Å². The lowest BCUT2D eigenvalue weighted by molar-refractivity contribution is 0.254. The van der Waals surface area contributed by atoms with Crippen LogP contribution >= 0.6 is 0 Å². The van der Waals surface area contributed by atoms with Gasteiger partial charge in [0.05, 0.1) is 16.8 Å². The van der Waals surface area contributed by atoms with Crippen molar-refractivity contribution in [3.63, 3.8) is 0 Å². The molecule has 0 bridgehead atoms. The van der Waals surface area contributed by atoms with Gasteiger partial charge in [-0.3, -0.25) is 14.6 Å². The summed E-state index contributed by atoms with van der Waals surface area (Å²) in [4.78, 5) is 21.9. The molecule has 35 heavy (non-hydrogen) atoms. The van der Waals surface area contributed by atoms with Crippen molar-refractivity contribution in [1.82, 2.24) is 29.6 Å². The van der Waals surface area contributed by atoms with Crippen LogP contribution in [0.15, 0.2) is 42.9 Å². The summed E-state index contributed by atoms with van der Waals surface area (Å²) in [5.41, 5.74) is 4.06. The van der Waals surface area contributed by atoms with Gasteiger partial charge in [-0.05, 0) is 56.5 Å². The average Bonchev–Trinajstić information content (AvgIpc) is 3.36. The first-order valence-electron chi connectivity index (χ1n) is 12.2. The van der Waals surface area contributed by atoms with Gasteiger partial charge in [-0.1, -0.05) is 13.8 Å². The third-order valence-electron chi connectivity index (χ3n) is 7.04. The predicted octanol–water partition coefficient (Wildman–Crippen LogP) is 4.61. The molecule has 0 fully saturated rings. The van der Waals surface area contributed by atoms with Crippen LogP contribution in [0.5, 0.6) is 11.6 Å². The molecule has 0 radical (unpaired) electrons. The Morgan fingerprint density at radius 3 is 2.97 bits per heavy atom. The molecule has 2 aliphatic rings. The second kappa shape index (κ2) is 8.49. The molecule has 180 valence electrons. The van der Waals surface area contributed by atoms with E-state index in [4.69, 9.17) is 4.74 Å². The van der Waals surface area contributed by atoms with Crippen LogP contribution in [0.3, 0.4) is 0 Å². The third-order valence-corrected chi connectivity index (χ3v) is 7.04. The van der Waals surface area contributed by atoms with Gasteiger partial charge in [-0.15, -0.1) is 0 Å². The number of aromatic nitrogens is 5. The van der Waals surface area contributed by atoms with E-state index in [1.807, 2.05) is 35.0 Å². The Balaban J connectivity index is 1.23. The smallest absolute Gasteiger partial charge is 0.331 e. The molecule has 2 N–H and O–H groups in total. The second-order valence-electron chi connectivity index (χ2n) is 9.95. The fraction of sp³-hybridized carbons (Fsp3) is 0.385. The summed E-state index contributed by atoms with van der Waals surface area (Å²) in [6.07, 6.45) is 7.50. The lowest BCUT2D eigenvalue weighted by Gasteiger charge is -2.30. The highest BCUT2D eigenvalue weighted by Gasteiger charge is 2.29. The SMILES string of the molecule is CC1(C)CCCn2nc(NC(=O)n3ccc4cc(Oc5ncnc6c5CNCCC6)ccc43)cc21. The number of anilines is 1. The van der Waals surface area contributed by atoms with Crippen LogP contribution in [0.1, 0.15) is 50.1 Å². The standard InChI is InChI=1S/C26H29N7O2/c1-26(2)9-4-11-33-22(26)14-23(31-33)30-25(34)32-12-8-17-13-18(6-7-21(17)32)35-24-19-15-27-10-3-5-20(19)28-16-29-24/h6-8,12-14,16,27H,3-5,9-11,15H2,1-2H3,(H,30,31,34). The number of fused-ring (bicyclic) bond motifs is 3. The van der Waals surface area contributed by atoms with Crippen LogP contribution in [0, 0.1) is 0 Å². The molecule has 0 saturated carbocycles. The number of hydrogen-bond acceptors (Lipinski definition) is 6. The van der Waals surface area contributed by atoms with E-state index in [-0.39, 0.29) is 11.4 Å². The van der Waals surface area contributed by atoms with Crippen LogP contribution in [-0.4, -0.2) is 36.9 Å². The third kappa shape index (κ3) is 4.05. The monoisotopic (exact) mass is 471 g/mol. The molecule has 0 spiro atoms. The van der Waals surface area contributed by atoms with Crippen molar-refractivity contribution < 1.29 is 9.53 Å². The number of nitrogens with one attached hydrogen (secondary N) is 2. The minimum Gasteiger partial charge on any atom is -0.439 e. The molecule has 0 aliphatic carbocycles. The molecule has 2 aliphatic heterocycles. The summed E-state index contributed by atoms with van der Waals surface area (Å²) in [5.74, 6) is 1.83. The van der Waals surface area contributed by atoms with Crippen molar-refractivity contribution in [2.45, 2.75) is 58.0 Å². The number of benzene rings is 1. The van der Waals surface area contributed by atoms with Gasteiger partial charge >= 0.3 is 6.03 Å². The molecule has 6 rings (SSSR count). The molecule has 5 heterocycles. The zero-order chi connectivity index (χ0) is 24.0. The van der Waals surface area contributed by atoms with E-state index < -0.39 is 0 Å². The summed E-state index contributed by atoms with van der Waals surface area (Å²) >= 11 is 0. The number of aryl methyl sites for hydroxylation is 2. The van der Waals surface area contributed by atoms with Crippen molar-refractivity contribution >= 4 is 22.8 Å². The zero-order valence-electron chi connectivity index (χ0n) is 20.0. The van der Waals surface area contributed by atoms with E-state index in [0.29, 0.717) is 24.0 Å². The number of hydrogen-bond donors (Lipinski definition) is 2. The van der Waals surface area contributed by atoms with E-state index in [0.717, 1.165) is 66.6 Å². The normalized spacial score (nSPS) is 16.9. The summed E-state index contributed by atoms with van der Waals surface area (Å²) in [6, 6.07) is 9.34. The van der Waals surface area contributed by atoms with Gasteiger partial charge < -0.3 is 10.1 Å². The summed E-state index contributed by atoms with van der Waals surface area (Å²) in [5, 5.41) is 11.9. The Bertz CT molecular complexity index is 1420. The maximum absolute atomic E-state index is 13.1. The molecule has 0 atom stereocenters. The number of rotatable bonds is 3. The van der Waals surface area contributed by atoms with E-state index in [1.54, 1.807) is 17.1 Å². The van der Waals surface area contributed by atoms with E-state index in [9.17, 15) is 4.79 Å². The van der Waals surface area contributed by atoms with Crippen molar-refractivity contribution in [3.05, 3.63) is 59.8 Å². The molecule has 1 aromatic carbocycles. The molecular weight excluding hydrogens is 442 g/mol. The Labute approximate surface area is 203 Å². The number of amides is 1. The second-order valence-corrected chi connectivity index (χ2v) is 9.95. The molecular formula is C26H29N7O2. The van der Waals surface area contributed by atoms with E-state index in [1.165, 1.54) is 0 Å². The molecule has 9 nitrogen and oxygen atoms in total. The highest BCUT2D eigenvalue weighted by molar-refractivity contribution is 5.98. The minimum absolute atomic E-state index is 0.0584. The molecule has 9 heteroatoms. The largest absolute Gasteiger partial charge is 0.439 e. The fourth-order valence-electron chi connectivity index (χ4n) is 5.14. The van der Waals surface area contributed by atoms with Crippen molar-refractivity contribution in [2.24, 2.45) is 0 Å². The quantitative estimate of drug-likeness (QED) is 0.453. The van der Waals surface area contributed by atoms with Crippen molar-refractivity contribution in [3.8, 4) is 11.6 Å². The molecule has 3 aromatic heterocycles. The maximum Gasteiger partial charge on any atom is 0.331 e.